The highest BCUT2D eigenvalue weighted by Gasteiger charge is 2.01. The van der Waals surface area contributed by atoms with E-state index < -0.39 is 0 Å². The van der Waals surface area contributed by atoms with Gasteiger partial charge in [-0.05, 0) is 13.0 Å². The van der Waals surface area contributed by atoms with Gasteiger partial charge in [0.25, 0.3) is 0 Å². The zero-order chi connectivity index (χ0) is 8.27. The molecular weight excluding hydrogens is 272 g/mol. The van der Waals surface area contributed by atoms with E-state index in [9.17, 15) is 0 Å². The normalized spacial score (nSPS) is 10.5. The van der Waals surface area contributed by atoms with Crippen LogP contribution in [0.1, 0.15) is 11.4 Å². The van der Waals surface area contributed by atoms with Crippen molar-refractivity contribution in [2.45, 2.75) is 18.8 Å². The fourth-order valence-electron chi connectivity index (χ4n) is 0.980. The van der Waals surface area contributed by atoms with Crippen molar-refractivity contribution in [1.29, 1.82) is 0 Å². The Balaban J connectivity index is 2.83. The summed E-state index contributed by atoms with van der Waals surface area (Å²) in [7, 11) is 0. The molecule has 0 saturated heterocycles. The summed E-state index contributed by atoms with van der Waals surface area (Å²) in [5.74, 6) is 0. The third-order valence-corrected chi connectivity index (χ3v) is 2.35. The summed E-state index contributed by atoms with van der Waals surface area (Å²) in [6.07, 6.45) is 0. The highest BCUT2D eigenvalue weighted by Crippen LogP contribution is 2.08. The van der Waals surface area contributed by atoms with E-state index in [-0.39, 0.29) is 0 Å². The smallest absolute Gasteiger partial charge is 0.0596 e. The first-order chi connectivity index (χ1) is 5.27. The van der Waals surface area contributed by atoms with Gasteiger partial charge in [0.05, 0.1) is 12.2 Å². The van der Waals surface area contributed by atoms with Gasteiger partial charge in [-0.1, -0.05) is 31.9 Å². The summed E-state index contributed by atoms with van der Waals surface area (Å²) in [5.41, 5.74) is 2.32. The maximum absolute atomic E-state index is 4.33. The fourth-order valence-corrected chi connectivity index (χ4v) is 1.77. The first-order valence-electron chi connectivity index (χ1n) is 3.43. The van der Waals surface area contributed by atoms with Gasteiger partial charge in [0.1, 0.15) is 0 Å². The lowest BCUT2D eigenvalue weighted by Gasteiger charge is -2.00. The molecule has 1 heterocycles. The van der Waals surface area contributed by atoms with E-state index in [2.05, 4.69) is 43.0 Å². The van der Waals surface area contributed by atoms with E-state index in [1.54, 1.807) is 0 Å². The van der Waals surface area contributed by atoms with Crippen LogP contribution in [0.25, 0.3) is 0 Å². The van der Waals surface area contributed by atoms with E-state index in [1.807, 2.05) is 11.6 Å². The molecule has 0 spiro atoms. The van der Waals surface area contributed by atoms with Crippen LogP contribution in [0, 0.1) is 6.92 Å². The summed E-state index contributed by atoms with van der Waals surface area (Å²) in [6, 6.07) is 2.09. The first-order valence-corrected chi connectivity index (χ1v) is 5.67. The largest absolute Gasteiger partial charge is 0.268 e. The lowest BCUT2D eigenvalue weighted by molar-refractivity contribution is 0.641. The average Bonchev–Trinajstić information content (AvgIpc) is 2.32. The van der Waals surface area contributed by atoms with E-state index in [0.29, 0.717) is 0 Å². The van der Waals surface area contributed by atoms with Gasteiger partial charge >= 0.3 is 0 Å². The number of hydrogen-bond acceptors (Lipinski definition) is 1. The quantitative estimate of drug-likeness (QED) is 0.779. The second kappa shape index (κ2) is 4.26. The minimum absolute atomic E-state index is 0.876. The molecule has 4 heteroatoms. The Labute approximate surface area is 83.2 Å². The van der Waals surface area contributed by atoms with Crippen molar-refractivity contribution in [2.75, 3.05) is 5.33 Å². The molecule has 0 unspecified atom stereocenters. The molecule has 0 bridgehead atoms. The molecule has 0 amide bonds. The number of nitrogens with zero attached hydrogens (tertiary/aromatic N) is 2. The van der Waals surface area contributed by atoms with Crippen molar-refractivity contribution >= 4 is 31.9 Å². The van der Waals surface area contributed by atoms with Crippen LogP contribution in [0.5, 0.6) is 0 Å². The maximum Gasteiger partial charge on any atom is 0.0596 e. The van der Waals surface area contributed by atoms with Crippen molar-refractivity contribution in [1.82, 2.24) is 9.78 Å². The van der Waals surface area contributed by atoms with Crippen molar-refractivity contribution in [2.24, 2.45) is 0 Å². The van der Waals surface area contributed by atoms with Gasteiger partial charge in [0.2, 0.25) is 0 Å². The van der Waals surface area contributed by atoms with Gasteiger partial charge in [-0.15, -0.1) is 0 Å². The Morgan fingerprint density at radius 1 is 1.55 bits per heavy atom. The molecule has 0 radical (unpaired) electrons. The van der Waals surface area contributed by atoms with Crippen LogP contribution in [0.15, 0.2) is 6.07 Å². The van der Waals surface area contributed by atoms with E-state index >= 15 is 0 Å². The van der Waals surface area contributed by atoms with Crippen molar-refractivity contribution in [3.63, 3.8) is 0 Å². The maximum atomic E-state index is 4.33. The molecule has 0 saturated carbocycles. The van der Waals surface area contributed by atoms with Crippen molar-refractivity contribution < 1.29 is 0 Å². The molecule has 2 nitrogen and oxygen atoms in total. The molecule has 1 rings (SSSR count). The van der Waals surface area contributed by atoms with Crippen molar-refractivity contribution in [3.8, 4) is 0 Å². The number of rotatable bonds is 3. The molecule has 0 atom stereocenters. The average molecular weight is 282 g/mol. The second-order valence-electron chi connectivity index (χ2n) is 2.32. The number of halogens is 2. The van der Waals surface area contributed by atoms with Crippen LogP contribution in [0.2, 0.25) is 0 Å². The zero-order valence-electron chi connectivity index (χ0n) is 6.35. The third kappa shape index (κ3) is 2.30. The lowest BCUT2D eigenvalue weighted by atomic mass is 10.4. The first kappa shape index (κ1) is 9.26. The van der Waals surface area contributed by atoms with Crippen LogP contribution in [0.3, 0.4) is 0 Å². The molecular formula is C7H10Br2N2. The van der Waals surface area contributed by atoms with Gasteiger partial charge < -0.3 is 0 Å². The third-order valence-electron chi connectivity index (χ3n) is 1.42. The van der Waals surface area contributed by atoms with Crippen LogP contribution in [-0.4, -0.2) is 15.1 Å². The van der Waals surface area contributed by atoms with Crippen molar-refractivity contribution in [3.05, 3.63) is 17.5 Å². The Morgan fingerprint density at radius 2 is 2.27 bits per heavy atom. The summed E-state index contributed by atoms with van der Waals surface area (Å²) in [5, 5.41) is 6.16. The Morgan fingerprint density at radius 3 is 2.82 bits per heavy atom. The fraction of sp³-hybridized carbons (Fsp3) is 0.571. The van der Waals surface area contributed by atoms with Crippen LogP contribution < -0.4 is 0 Å². The van der Waals surface area contributed by atoms with Gasteiger partial charge in [0.15, 0.2) is 0 Å². The highest BCUT2D eigenvalue weighted by atomic mass is 79.9. The molecule has 11 heavy (non-hydrogen) atoms. The van der Waals surface area contributed by atoms with E-state index in [1.165, 1.54) is 5.69 Å². The summed E-state index contributed by atoms with van der Waals surface area (Å²) in [6.45, 7) is 2.95. The SMILES string of the molecule is Cc1cc(CBr)n(CCBr)n1. The van der Waals surface area contributed by atoms with Crippen LogP contribution in [-0.2, 0) is 11.9 Å². The van der Waals surface area contributed by atoms with E-state index in [4.69, 9.17) is 0 Å². The predicted octanol–water partition coefficient (Wildman–Crippen LogP) is 2.48. The number of aryl methyl sites for hydroxylation is 2. The topological polar surface area (TPSA) is 17.8 Å². The summed E-state index contributed by atoms with van der Waals surface area (Å²) in [4.78, 5) is 0. The Bertz CT molecular complexity index is 232. The monoisotopic (exact) mass is 280 g/mol. The molecule has 0 N–H and O–H groups in total. The number of aromatic nitrogens is 2. The van der Waals surface area contributed by atoms with Crippen LogP contribution >= 0.6 is 31.9 Å². The van der Waals surface area contributed by atoms with Gasteiger partial charge in [-0.2, -0.15) is 5.10 Å². The second-order valence-corrected chi connectivity index (χ2v) is 3.68. The van der Waals surface area contributed by atoms with Gasteiger partial charge in [0, 0.05) is 16.4 Å². The standard InChI is InChI=1S/C7H10Br2N2/c1-6-4-7(5-9)11(10-6)3-2-8/h4H,2-3,5H2,1H3. The minimum atomic E-state index is 0.876. The Kier molecular flexibility index (Phi) is 3.59. The Hall–Kier alpha value is 0.170. The molecule has 0 aliphatic rings. The molecule has 0 fully saturated rings. The predicted molar refractivity (Wildman–Crippen MR) is 53.4 cm³/mol. The van der Waals surface area contributed by atoms with Gasteiger partial charge in [-0.3, -0.25) is 4.68 Å². The van der Waals surface area contributed by atoms with Gasteiger partial charge in [-0.25, -0.2) is 0 Å². The minimum Gasteiger partial charge on any atom is -0.268 e. The molecule has 1 aromatic rings. The van der Waals surface area contributed by atoms with Crippen LogP contribution in [0.4, 0.5) is 0 Å². The summed E-state index contributed by atoms with van der Waals surface area (Å²) >= 11 is 6.80. The van der Waals surface area contributed by atoms with E-state index in [0.717, 1.165) is 22.9 Å². The number of alkyl halides is 2. The highest BCUT2D eigenvalue weighted by molar-refractivity contribution is 9.09. The number of hydrogen-bond donors (Lipinski definition) is 0. The molecule has 0 aliphatic carbocycles. The molecule has 0 aliphatic heterocycles. The lowest BCUT2D eigenvalue weighted by Crippen LogP contribution is -2.04. The zero-order valence-corrected chi connectivity index (χ0v) is 9.52. The molecule has 0 aromatic carbocycles. The molecule has 62 valence electrons. The molecule has 1 aromatic heterocycles. The summed E-state index contributed by atoms with van der Waals surface area (Å²) < 4.78 is 2.01.